The molecule has 0 amide bonds. The van der Waals surface area contributed by atoms with Crippen LogP contribution in [0.1, 0.15) is 0 Å². The van der Waals surface area contributed by atoms with E-state index < -0.39 is 0 Å². The molecule has 0 saturated carbocycles. The fraction of sp³-hybridized carbons (Fsp3) is 0. The third kappa shape index (κ3) is 0.883. The van der Waals surface area contributed by atoms with Crippen molar-refractivity contribution in [3.05, 3.63) is 33.5 Å². The van der Waals surface area contributed by atoms with Crippen LogP contribution in [0.5, 0.6) is 0 Å². The first-order valence-electron chi connectivity index (χ1n) is 3.00. The first kappa shape index (κ1) is 6.60. The summed E-state index contributed by atoms with van der Waals surface area (Å²) in [5.41, 5.74) is 0.451. The molecule has 0 spiro atoms. The van der Waals surface area contributed by atoms with Gasteiger partial charge in [0.25, 0.3) is 0 Å². The number of aromatic amines is 1. The number of hydrogen-bond donors (Lipinski definition) is 1. The number of nitrogens with one attached hydrogen (secondary N) is 1. The van der Waals surface area contributed by atoms with E-state index in [0.717, 1.165) is 0 Å². The molecule has 1 N–H and O–H groups in total. The summed E-state index contributed by atoms with van der Waals surface area (Å²) in [4.78, 5) is 17.5. The Hall–Kier alpha value is -1.10. The molecular formula is C6H4BrN3O. The Balaban J connectivity index is 3.08. The van der Waals surface area contributed by atoms with Gasteiger partial charge in [0, 0.05) is 0 Å². The predicted molar refractivity (Wildman–Crippen MR) is 43.5 cm³/mol. The lowest BCUT2D eigenvalue weighted by Gasteiger charge is -1.91. The molecule has 2 heterocycles. The van der Waals surface area contributed by atoms with Crippen LogP contribution < -0.4 is 5.69 Å². The zero-order valence-corrected chi connectivity index (χ0v) is 7.00. The van der Waals surface area contributed by atoms with Crippen molar-refractivity contribution in [1.82, 2.24) is 14.4 Å². The lowest BCUT2D eigenvalue weighted by Crippen LogP contribution is -2.15. The number of rotatable bonds is 0. The van der Waals surface area contributed by atoms with Gasteiger partial charge in [0.2, 0.25) is 0 Å². The van der Waals surface area contributed by atoms with Gasteiger partial charge >= 0.3 is 5.69 Å². The van der Waals surface area contributed by atoms with E-state index >= 15 is 0 Å². The van der Waals surface area contributed by atoms with Gasteiger partial charge in [-0.25, -0.2) is 14.2 Å². The van der Waals surface area contributed by atoms with Crippen molar-refractivity contribution in [3.63, 3.8) is 0 Å². The normalized spacial score (nSPS) is 10.6. The molecule has 5 heteroatoms. The van der Waals surface area contributed by atoms with Crippen molar-refractivity contribution in [2.75, 3.05) is 0 Å². The summed E-state index contributed by atoms with van der Waals surface area (Å²) < 4.78 is 2.15. The van der Waals surface area contributed by atoms with Gasteiger partial charge in [-0.05, 0) is 28.1 Å². The summed E-state index contributed by atoms with van der Waals surface area (Å²) in [6.07, 6.45) is 1.38. The highest BCUT2D eigenvalue weighted by Crippen LogP contribution is 2.09. The van der Waals surface area contributed by atoms with Gasteiger partial charge in [-0.1, -0.05) is 0 Å². The van der Waals surface area contributed by atoms with E-state index in [4.69, 9.17) is 0 Å². The maximum absolute atomic E-state index is 11.1. The van der Waals surface area contributed by atoms with Crippen LogP contribution in [-0.4, -0.2) is 14.4 Å². The molecule has 0 unspecified atom stereocenters. The van der Waals surface area contributed by atoms with Crippen LogP contribution in [0.25, 0.3) is 5.65 Å². The Kier molecular flexibility index (Phi) is 1.32. The van der Waals surface area contributed by atoms with Crippen LogP contribution >= 0.6 is 15.9 Å². The fourth-order valence-electron chi connectivity index (χ4n) is 0.922. The Labute approximate surface area is 70.0 Å². The van der Waals surface area contributed by atoms with Crippen molar-refractivity contribution >= 4 is 21.6 Å². The lowest BCUT2D eigenvalue weighted by molar-refractivity contribution is 0.941. The van der Waals surface area contributed by atoms with E-state index in [2.05, 4.69) is 25.9 Å². The van der Waals surface area contributed by atoms with Crippen molar-refractivity contribution in [3.8, 4) is 0 Å². The third-order valence-electron chi connectivity index (χ3n) is 1.40. The van der Waals surface area contributed by atoms with Crippen molar-refractivity contribution in [1.29, 1.82) is 0 Å². The Morgan fingerprint density at radius 3 is 3.09 bits per heavy atom. The molecule has 0 saturated heterocycles. The second-order valence-electron chi connectivity index (χ2n) is 2.06. The topological polar surface area (TPSA) is 50.2 Å². The van der Waals surface area contributed by atoms with Crippen molar-refractivity contribution < 1.29 is 0 Å². The van der Waals surface area contributed by atoms with Crippen molar-refractivity contribution in [2.24, 2.45) is 0 Å². The van der Waals surface area contributed by atoms with Crippen LogP contribution in [0, 0.1) is 0 Å². The highest BCUT2D eigenvalue weighted by Gasteiger charge is 2.00. The van der Waals surface area contributed by atoms with E-state index in [1.54, 1.807) is 12.1 Å². The zero-order valence-electron chi connectivity index (χ0n) is 5.41. The summed E-state index contributed by atoms with van der Waals surface area (Å²) in [6.45, 7) is 0. The molecule has 4 nitrogen and oxygen atoms in total. The van der Waals surface area contributed by atoms with Crippen LogP contribution in [0.2, 0.25) is 0 Å². The molecule has 0 aliphatic carbocycles. The van der Waals surface area contributed by atoms with Gasteiger partial charge in [0.1, 0.15) is 5.65 Å². The minimum atomic E-state index is -0.188. The van der Waals surface area contributed by atoms with E-state index in [-0.39, 0.29) is 5.69 Å². The van der Waals surface area contributed by atoms with Gasteiger partial charge < -0.3 is 0 Å². The smallest absolute Gasteiger partial charge is 0.298 e. The van der Waals surface area contributed by atoms with E-state index in [1.165, 1.54) is 10.7 Å². The average Bonchev–Trinajstić information content (AvgIpc) is 2.34. The summed E-state index contributed by atoms with van der Waals surface area (Å²) in [6, 6.07) is 3.54. The minimum absolute atomic E-state index is 0.188. The highest BCUT2D eigenvalue weighted by molar-refractivity contribution is 9.10. The van der Waals surface area contributed by atoms with E-state index in [1.807, 2.05) is 0 Å². The van der Waals surface area contributed by atoms with Crippen LogP contribution in [-0.2, 0) is 0 Å². The standard InChI is InChI=1S/C6H4BrN3O/c7-4-1-2-5-8-3-9-6(11)10(4)5/h1-3H,(H,8,9,11). The molecule has 2 aromatic heterocycles. The Morgan fingerprint density at radius 2 is 2.36 bits per heavy atom. The Bertz CT molecular complexity index is 444. The minimum Gasteiger partial charge on any atom is -0.298 e. The molecule has 0 bridgehead atoms. The second kappa shape index (κ2) is 2.20. The quantitative estimate of drug-likeness (QED) is 0.704. The molecule has 0 aliphatic rings. The lowest BCUT2D eigenvalue weighted by atomic mass is 10.6. The molecule has 0 fully saturated rings. The van der Waals surface area contributed by atoms with Crippen molar-refractivity contribution in [2.45, 2.75) is 0 Å². The molecule has 0 aromatic carbocycles. The molecule has 0 aliphatic heterocycles. The third-order valence-corrected chi connectivity index (χ3v) is 2.02. The van der Waals surface area contributed by atoms with Gasteiger partial charge in [-0.15, -0.1) is 0 Å². The van der Waals surface area contributed by atoms with Gasteiger partial charge in [0.15, 0.2) is 0 Å². The maximum atomic E-state index is 11.1. The first-order chi connectivity index (χ1) is 5.29. The number of H-pyrrole nitrogens is 1. The number of hydrogen-bond acceptors (Lipinski definition) is 2. The largest absolute Gasteiger partial charge is 0.333 e. The van der Waals surface area contributed by atoms with Gasteiger partial charge in [0.05, 0.1) is 10.9 Å². The summed E-state index contributed by atoms with van der Waals surface area (Å²) in [7, 11) is 0. The van der Waals surface area contributed by atoms with Crippen LogP contribution in [0.3, 0.4) is 0 Å². The molecule has 2 rings (SSSR count). The summed E-state index contributed by atoms with van der Waals surface area (Å²) >= 11 is 3.22. The molecule has 11 heavy (non-hydrogen) atoms. The van der Waals surface area contributed by atoms with Crippen LogP contribution in [0.15, 0.2) is 27.9 Å². The first-order valence-corrected chi connectivity index (χ1v) is 3.79. The monoisotopic (exact) mass is 213 g/mol. The number of aromatic nitrogens is 3. The average molecular weight is 214 g/mol. The maximum Gasteiger partial charge on any atom is 0.333 e. The van der Waals surface area contributed by atoms with Crippen LogP contribution in [0.4, 0.5) is 0 Å². The Morgan fingerprint density at radius 1 is 1.55 bits per heavy atom. The predicted octanol–water partition coefficient (Wildman–Crippen LogP) is 0.785. The number of nitrogens with zero attached hydrogens (tertiary/aromatic N) is 2. The van der Waals surface area contributed by atoms with Gasteiger partial charge in [-0.3, -0.25) is 4.98 Å². The fourth-order valence-corrected chi connectivity index (χ4v) is 1.40. The summed E-state index contributed by atoms with van der Waals surface area (Å²) in [5, 5.41) is 0. The molecule has 56 valence electrons. The van der Waals surface area contributed by atoms with E-state index in [0.29, 0.717) is 10.3 Å². The summed E-state index contributed by atoms with van der Waals surface area (Å²) in [5.74, 6) is 0. The molecule has 0 radical (unpaired) electrons. The van der Waals surface area contributed by atoms with E-state index in [9.17, 15) is 4.79 Å². The zero-order chi connectivity index (χ0) is 7.84. The second-order valence-corrected chi connectivity index (χ2v) is 2.87. The number of halogens is 1. The SMILES string of the molecule is O=c1[nH]cnc2ccc(Br)n12. The van der Waals surface area contributed by atoms with Gasteiger partial charge in [-0.2, -0.15) is 0 Å². The number of fused-ring (bicyclic) bond motifs is 1. The molecule has 0 atom stereocenters. The molecular weight excluding hydrogens is 210 g/mol. The molecule has 2 aromatic rings. The highest BCUT2D eigenvalue weighted by atomic mass is 79.9.